The molecule has 1 heterocycles. The monoisotopic (exact) mass is 214 g/mol. The molecule has 0 aromatic rings. The molecule has 1 aliphatic rings. The fourth-order valence-corrected chi connectivity index (χ4v) is 1.59. The Kier molecular flexibility index (Phi) is 4.54. The maximum absolute atomic E-state index is 11.5. The number of carbonyl (C=O) groups is 1. The quantitative estimate of drug-likeness (QED) is 0.681. The molecule has 0 aromatic carbocycles. The molecule has 1 rings (SSSR count). The Morgan fingerprint density at radius 3 is 2.53 bits per heavy atom. The predicted octanol–water partition coefficient (Wildman–Crippen LogP) is 0.0712. The lowest BCUT2D eigenvalue weighted by molar-refractivity contribution is -0.125. The molecule has 2 N–H and O–H groups in total. The van der Waals surface area contributed by atoms with Crippen molar-refractivity contribution in [2.45, 2.75) is 26.8 Å². The first-order valence-corrected chi connectivity index (χ1v) is 5.65. The van der Waals surface area contributed by atoms with E-state index in [1.807, 2.05) is 6.92 Å². The fourth-order valence-electron chi connectivity index (χ4n) is 1.59. The van der Waals surface area contributed by atoms with Gasteiger partial charge in [0, 0.05) is 31.7 Å². The van der Waals surface area contributed by atoms with Gasteiger partial charge in [-0.2, -0.15) is 0 Å². The molecular weight excluding hydrogens is 192 g/mol. The maximum atomic E-state index is 11.5. The van der Waals surface area contributed by atoms with Gasteiger partial charge in [-0.1, -0.05) is 13.8 Å². The van der Waals surface area contributed by atoms with Gasteiger partial charge in [-0.3, -0.25) is 9.69 Å². The predicted molar refractivity (Wildman–Crippen MR) is 59.5 cm³/mol. The first kappa shape index (κ1) is 12.5. The van der Waals surface area contributed by atoms with Crippen molar-refractivity contribution in [2.75, 3.05) is 26.2 Å². The lowest BCUT2D eigenvalue weighted by Gasteiger charge is -2.37. The van der Waals surface area contributed by atoms with E-state index in [4.69, 9.17) is 5.11 Å². The molecule has 1 unspecified atom stereocenters. The highest BCUT2D eigenvalue weighted by Crippen LogP contribution is 2.13. The number of hydrogen-bond donors (Lipinski definition) is 2. The van der Waals surface area contributed by atoms with E-state index in [0.717, 1.165) is 13.1 Å². The standard InChI is InChI=1S/C11H22N2O2/c1-8(2)9(3)12-11(15)6-13-4-10(5-13)7-14/h8-10,14H,4-7H2,1-3H3,(H,12,15). The van der Waals surface area contributed by atoms with Gasteiger partial charge < -0.3 is 10.4 Å². The highest BCUT2D eigenvalue weighted by Gasteiger charge is 2.27. The van der Waals surface area contributed by atoms with Gasteiger partial charge in [-0.15, -0.1) is 0 Å². The van der Waals surface area contributed by atoms with Crippen molar-refractivity contribution in [1.82, 2.24) is 10.2 Å². The number of nitrogens with zero attached hydrogens (tertiary/aromatic N) is 1. The molecule has 0 spiro atoms. The molecule has 0 aromatic heterocycles. The number of amides is 1. The van der Waals surface area contributed by atoms with Crippen molar-refractivity contribution >= 4 is 5.91 Å². The van der Waals surface area contributed by atoms with Crippen LogP contribution >= 0.6 is 0 Å². The molecule has 88 valence electrons. The highest BCUT2D eigenvalue weighted by molar-refractivity contribution is 5.78. The molecule has 1 atom stereocenters. The molecule has 0 aliphatic carbocycles. The minimum Gasteiger partial charge on any atom is -0.396 e. The lowest BCUT2D eigenvalue weighted by Crippen LogP contribution is -2.53. The van der Waals surface area contributed by atoms with Crippen LogP contribution in [0.2, 0.25) is 0 Å². The van der Waals surface area contributed by atoms with Crippen LogP contribution in [0, 0.1) is 11.8 Å². The molecule has 1 amide bonds. The van der Waals surface area contributed by atoms with Crippen molar-refractivity contribution < 1.29 is 9.90 Å². The third-order valence-corrected chi connectivity index (χ3v) is 3.05. The van der Waals surface area contributed by atoms with Gasteiger partial charge in [0.1, 0.15) is 0 Å². The summed E-state index contributed by atoms with van der Waals surface area (Å²) in [5, 5.41) is 11.8. The molecule has 0 saturated carbocycles. The van der Waals surface area contributed by atoms with Gasteiger partial charge in [-0.05, 0) is 12.8 Å². The van der Waals surface area contributed by atoms with Gasteiger partial charge >= 0.3 is 0 Å². The summed E-state index contributed by atoms with van der Waals surface area (Å²) in [6.45, 7) is 8.61. The highest BCUT2D eigenvalue weighted by atomic mass is 16.3. The summed E-state index contributed by atoms with van der Waals surface area (Å²) in [5.74, 6) is 0.934. The lowest BCUT2D eigenvalue weighted by atomic mass is 10.0. The zero-order valence-electron chi connectivity index (χ0n) is 9.86. The summed E-state index contributed by atoms with van der Waals surface area (Å²) >= 11 is 0. The maximum Gasteiger partial charge on any atom is 0.234 e. The zero-order chi connectivity index (χ0) is 11.4. The normalized spacial score (nSPS) is 20.1. The number of likely N-dealkylation sites (tertiary alicyclic amines) is 1. The van der Waals surface area contributed by atoms with E-state index in [-0.39, 0.29) is 18.6 Å². The number of carbonyl (C=O) groups excluding carboxylic acids is 1. The number of hydrogen-bond acceptors (Lipinski definition) is 3. The van der Waals surface area contributed by atoms with Crippen molar-refractivity contribution in [2.24, 2.45) is 11.8 Å². The minimum atomic E-state index is 0.0904. The van der Waals surface area contributed by atoms with E-state index < -0.39 is 0 Å². The van der Waals surface area contributed by atoms with Gasteiger partial charge in [-0.25, -0.2) is 0 Å². The Labute approximate surface area is 91.6 Å². The molecule has 4 heteroatoms. The van der Waals surface area contributed by atoms with Crippen LogP contribution in [0.25, 0.3) is 0 Å². The number of aliphatic hydroxyl groups is 1. The van der Waals surface area contributed by atoms with Crippen LogP contribution in [0.4, 0.5) is 0 Å². The molecule has 4 nitrogen and oxygen atoms in total. The second kappa shape index (κ2) is 5.47. The van der Waals surface area contributed by atoms with Crippen LogP contribution < -0.4 is 5.32 Å². The molecule has 0 bridgehead atoms. The molecular formula is C11H22N2O2. The third-order valence-electron chi connectivity index (χ3n) is 3.05. The van der Waals surface area contributed by atoms with Crippen LogP contribution in [-0.4, -0.2) is 48.2 Å². The van der Waals surface area contributed by atoms with E-state index in [0.29, 0.717) is 18.4 Å². The van der Waals surface area contributed by atoms with Gasteiger partial charge in [0.2, 0.25) is 5.91 Å². The van der Waals surface area contributed by atoms with Crippen LogP contribution in [0.3, 0.4) is 0 Å². The topological polar surface area (TPSA) is 52.6 Å². The summed E-state index contributed by atoms with van der Waals surface area (Å²) < 4.78 is 0. The molecule has 0 radical (unpaired) electrons. The smallest absolute Gasteiger partial charge is 0.234 e. The van der Waals surface area contributed by atoms with Crippen molar-refractivity contribution in [3.63, 3.8) is 0 Å². The van der Waals surface area contributed by atoms with Crippen LogP contribution in [0.1, 0.15) is 20.8 Å². The average molecular weight is 214 g/mol. The first-order valence-electron chi connectivity index (χ1n) is 5.65. The van der Waals surface area contributed by atoms with E-state index >= 15 is 0 Å². The Morgan fingerprint density at radius 2 is 2.07 bits per heavy atom. The van der Waals surface area contributed by atoms with E-state index in [1.165, 1.54) is 0 Å². The second-order valence-electron chi connectivity index (χ2n) is 4.84. The minimum absolute atomic E-state index is 0.0904. The Hall–Kier alpha value is -0.610. The van der Waals surface area contributed by atoms with E-state index in [9.17, 15) is 4.79 Å². The first-order chi connectivity index (χ1) is 7.02. The largest absolute Gasteiger partial charge is 0.396 e. The third kappa shape index (κ3) is 3.80. The van der Waals surface area contributed by atoms with Gasteiger partial charge in [0.05, 0.1) is 6.54 Å². The Bertz CT molecular complexity index is 213. The van der Waals surface area contributed by atoms with Crippen LogP contribution in [0.15, 0.2) is 0 Å². The zero-order valence-corrected chi connectivity index (χ0v) is 9.86. The van der Waals surface area contributed by atoms with Crippen molar-refractivity contribution in [1.29, 1.82) is 0 Å². The van der Waals surface area contributed by atoms with Crippen LogP contribution in [0.5, 0.6) is 0 Å². The summed E-state index contributed by atoms with van der Waals surface area (Å²) in [5.41, 5.74) is 0. The Balaban J connectivity index is 2.15. The van der Waals surface area contributed by atoms with E-state index in [1.54, 1.807) is 0 Å². The Morgan fingerprint density at radius 1 is 1.47 bits per heavy atom. The van der Waals surface area contributed by atoms with Crippen LogP contribution in [-0.2, 0) is 4.79 Å². The SMILES string of the molecule is CC(C)C(C)NC(=O)CN1CC(CO)C1. The van der Waals surface area contributed by atoms with Crippen molar-refractivity contribution in [3.8, 4) is 0 Å². The fraction of sp³-hybridized carbons (Fsp3) is 0.909. The summed E-state index contributed by atoms with van der Waals surface area (Å²) in [7, 11) is 0. The summed E-state index contributed by atoms with van der Waals surface area (Å²) in [6, 6.07) is 0.229. The average Bonchev–Trinajstić information content (AvgIpc) is 2.10. The number of nitrogens with one attached hydrogen (secondary N) is 1. The number of aliphatic hydroxyl groups excluding tert-OH is 1. The molecule has 1 aliphatic heterocycles. The summed E-state index contributed by atoms with van der Waals surface area (Å²) in [4.78, 5) is 13.6. The van der Waals surface area contributed by atoms with Gasteiger partial charge in [0.25, 0.3) is 0 Å². The molecule has 15 heavy (non-hydrogen) atoms. The van der Waals surface area contributed by atoms with Crippen molar-refractivity contribution in [3.05, 3.63) is 0 Å². The second-order valence-corrected chi connectivity index (χ2v) is 4.84. The number of rotatable bonds is 5. The van der Waals surface area contributed by atoms with E-state index in [2.05, 4.69) is 24.1 Å². The molecule has 1 saturated heterocycles. The molecule has 1 fully saturated rings. The van der Waals surface area contributed by atoms with Gasteiger partial charge in [0.15, 0.2) is 0 Å². The summed E-state index contributed by atoms with van der Waals surface area (Å²) in [6.07, 6.45) is 0.